The molecule has 36 heavy (non-hydrogen) atoms. The Bertz CT molecular complexity index is 1010. The van der Waals surface area contributed by atoms with Crippen molar-refractivity contribution in [3.8, 4) is 0 Å². The van der Waals surface area contributed by atoms with Gasteiger partial charge >= 0.3 is 18.0 Å². The monoisotopic (exact) mass is 506 g/mol. The van der Waals surface area contributed by atoms with Gasteiger partial charge in [-0.05, 0) is 33.3 Å². The molecule has 0 unspecified atom stereocenters. The van der Waals surface area contributed by atoms with Crippen LogP contribution in [0.25, 0.3) is 0 Å². The zero-order valence-electron chi connectivity index (χ0n) is 21.4. The van der Waals surface area contributed by atoms with Crippen LogP contribution in [-0.2, 0) is 33.4 Å². The van der Waals surface area contributed by atoms with Gasteiger partial charge in [0.25, 0.3) is 0 Å². The van der Waals surface area contributed by atoms with Gasteiger partial charge in [-0.25, -0.2) is 9.59 Å². The summed E-state index contributed by atoms with van der Waals surface area (Å²) in [6.07, 6.45) is -0.978. The highest BCUT2D eigenvalue weighted by atomic mass is 16.6. The van der Waals surface area contributed by atoms with Gasteiger partial charge in [-0.2, -0.15) is 0 Å². The Kier molecular flexibility index (Phi) is 9.40. The molecule has 1 aliphatic heterocycles. The summed E-state index contributed by atoms with van der Waals surface area (Å²) in [6, 6.07) is 5.40. The number of carbonyl (C=O) groups excluding carboxylic acids is 5. The lowest BCUT2D eigenvalue weighted by atomic mass is 9.84. The van der Waals surface area contributed by atoms with Crippen molar-refractivity contribution in [2.45, 2.75) is 57.3 Å². The number of aryl methyl sites for hydroxylation is 1. The number of hydrogen-bond donors (Lipinski definition) is 4. The number of amides is 3. The topological polar surface area (TPSA) is 161 Å². The fraction of sp³-hybridized carbons (Fsp3) is 0.542. The lowest BCUT2D eigenvalue weighted by molar-refractivity contribution is -0.151. The molecule has 0 saturated carbocycles. The molecule has 3 amide bonds. The normalized spacial score (nSPS) is 21.2. The van der Waals surface area contributed by atoms with E-state index in [4.69, 9.17) is 9.47 Å². The number of esters is 2. The summed E-state index contributed by atoms with van der Waals surface area (Å²) >= 11 is 0. The number of hydrogen-bond acceptors (Lipinski definition) is 9. The Labute approximate surface area is 209 Å². The van der Waals surface area contributed by atoms with Crippen LogP contribution in [0.4, 0.5) is 4.79 Å². The molecule has 0 aromatic heterocycles. The minimum absolute atomic E-state index is 0.177. The molecule has 198 valence electrons. The zero-order chi connectivity index (χ0) is 27.1. The van der Waals surface area contributed by atoms with E-state index < -0.39 is 59.6 Å². The SMILES string of the molecule is COC(=O)CNC(=O)[C@H]1C[C@@](NC(=O)CNC(=O)OC(C)(C)C)(C(=O)OC)[C@@H](c2cccc(C)c2)N1. The Morgan fingerprint density at radius 1 is 1.06 bits per heavy atom. The summed E-state index contributed by atoms with van der Waals surface area (Å²) in [5.41, 5.74) is -0.930. The van der Waals surface area contributed by atoms with Crippen molar-refractivity contribution in [1.29, 1.82) is 0 Å². The van der Waals surface area contributed by atoms with Crippen molar-refractivity contribution >= 4 is 29.8 Å². The van der Waals surface area contributed by atoms with Gasteiger partial charge in [0, 0.05) is 6.42 Å². The van der Waals surface area contributed by atoms with Crippen molar-refractivity contribution in [2.75, 3.05) is 27.3 Å². The van der Waals surface area contributed by atoms with Gasteiger partial charge in [0.05, 0.1) is 26.3 Å². The van der Waals surface area contributed by atoms with E-state index in [0.29, 0.717) is 5.56 Å². The molecule has 12 nitrogen and oxygen atoms in total. The summed E-state index contributed by atoms with van der Waals surface area (Å²) < 4.78 is 14.7. The van der Waals surface area contributed by atoms with Crippen molar-refractivity contribution in [1.82, 2.24) is 21.3 Å². The van der Waals surface area contributed by atoms with Crippen LogP contribution < -0.4 is 21.3 Å². The highest BCUT2D eigenvalue weighted by molar-refractivity contribution is 5.94. The molecule has 0 bridgehead atoms. The summed E-state index contributed by atoms with van der Waals surface area (Å²) in [6.45, 7) is 6.07. The molecule has 0 radical (unpaired) electrons. The minimum Gasteiger partial charge on any atom is -0.468 e. The van der Waals surface area contributed by atoms with Crippen LogP contribution in [0.5, 0.6) is 0 Å². The molecule has 1 aromatic rings. The summed E-state index contributed by atoms with van der Waals surface area (Å²) in [7, 11) is 2.37. The highest BCUT2D eigenvalue weighted by Gasteiger charge is 2.56. The van der Waals surface area contributed by atoms with Crippen molar-refractivity contribution in [3.05, 3.63) is 35.4 Å². The Hall–Kier alpha value is -3.67. The van der Waals surface area contributed by atoms with Crippen molar-refractivity contribution in [3.63, 3.8) is 0 Å². The standard InChI is InChI=1S/C24H34N4O8/c1-14-8-7-9-15(10-14)19-24(21(32)35-6,11-16(27-19)20(31)25-13-18(30)34-5)28-17(29)12-26-22(33)36-23(2,3)4/h7-10,16,19,27H,11-13H2,1-6H3,(H,25,31)(H,26,33)(H,28,29)/t16-,19-,24+/m1/s1. The van der Waals surface area contributed by atoms with Gasteiger partial charge in [0.1, 0.15) is 18.7 Å². The molecule has 1 fully saturated rings. The van der Waals surface area contributed by atoms with Gasteiger partial charge in [0.2, 0.25) is 11.8 Å². The van der Waals surface area contributed by atoms with Gasteiger partial charge < -0.3 is 30.2 Å². The zero-order valence-corrected chi connectivity index (χ0v) is 21.4. The lowest BCUT2D eigenvalue weighted by Crippen LogP contribution is -2.59. The van der Waals surface area contributed by atoms with Crippen LogP contribution in [-0.4, -0.2) is 74.3 Å². The third kappa shape index (κ3) is 7.41. The van der Waals surface area contributed by atoms with E-state index in [0.717, 1.165) is 5.56 Å². The molecule has 3 atom stereocenters. The second kappa shape index (κ2) is 11.8. The Morgan fingerprint density at radius 3 is 2.33 bits per heavy atom. The molecule has 4 N–H and O–H groups in total. The Morgan fingerprint density at radius 2 is 1.75 bits per heavy atom. The largest absolute Gasteiger partial charge is 0.468 e. The number of rotatable bonds is 8. The van der Waals surface area contributed by atoms with E-state index in [1.165, 1.54) is 14.2 Å². The summed E-state index contributed by atoms with van der Waals surface area (Å²) in [5.74, 6) is -2.68. The molecule has 0 aliphatic carbocycles. The second-order valence-corrected chi connectivity index (χ2v) is 9.43. The first-order valence-electron chi connectivity index (χ1n) is 11.3. The Balaban J connectivity index is 2.33. The van der Waals surface area contributed by atoms with E-state index in [1.807, 2.05) is 19.1 Å². The third-order valence-electron chi connectivity index (χ3n) is 5.42. The number of nitrogens with one attached hydrogen (secondary N) is 4. The van der Waals surface area contributed by atoms with Crippen LogP contribution in [0.2, 0.25) is 0 Å². The maximum Gasteiger partial charge on any atom is 0.408 e. The molecule has 1 saturated heterocycles. The first-order valence-corrected chi connectivity index (χ1v) is 11.3. The van der Waals surface area contributed by atoms with Gasteiger partial charge in [0.15, 0.2) is 5.54 Å². The average molecular weight is 507 g/mol. The maximum atomic E-state index is 13.2. The summed E-state index contributed by atoms with van der Waals surface area (Å²) in [5, 5.41) is 10.6. The lowest BCUT2D eigenvalue weighted by Gasteiger charge is -2.33. The molecule has 1 aliphatic rings. The van der Waals surface area contributed by atoms with E-state index in [-0.39, 0.29) is 13.0 Å². The highest BCUT2D eigenvalue weighted by Crippen LogP contribution is 2.38. The first kappa shape index (κ1) is 28.6. The number of methoxy groups -OCH3 is 2. The molecular formula is C24H34N4O8. The van der Waals surface area contributed by atoms with Crippen molar-refractivity contribution in [2.24, 2.45) is 0 Å². The van der Waals surface area contributed by atoms with Crippen LogP contribution in [0.15, 0.2) is 24.3 Å². The van der Waals surface area contributed by atoms with Gasteiger partial charge in [-0.15, -0.1) is 0 Å². The fourth-order valence-corrected chi connectivity index (χ4v) is 3.91. The third-order valence-corrected chi connectivity index (χ3v) is 5.42. The molecular weight excluding hydrogens is 472 g/mol. The van der Waals surface area contributed by atoms with Crippen LogP contribution in [0.1, 0.15) is 44.4 Å². The molecule has 0 spiro atoms. The fourth-order valence-electron chi connectivity index (χ4n) is 3.91. The van der Waals surface area contributed by atoms with E-state index in [2.05, 4.69) is 26.0 Å². The van der Waals surface area contributed by atoms with Crippen LogP contribution in [0.3, 0.4) is 0 Å². The number of benzene rings is 1. The van der Waals surface area contributed by atoms with E-state index in [9.17, 15) is 24.0 Å². The molecule has 1 heterocycles. The maximum absolute atomic E-state index is 13.2. The quantitative estimate of drug-likeness (QED) is 0.286. The number of alkyl carbamates (subject to hydrolysis) is 1. The summed E-state index contributed by atoms with van der Waals surface area (Å²) in [4.78, 5) is 62.3. The molecule has 2 rings (SSSR count). The van der Waals surface area contributed by atoms with E-state index in [1.54, 1.807) is 32.9 Å². The number of carbonyl (C=O) groups is 5. The molecule has 12 heteroatoms. The average Bonchev–Trinajstić information content (AvgIpc) is 3.19. The smallest absolute Gasteiger partial charge is 0.408 e. The van der Waals surface area contributed by atoms with Gasteiger partial charge in [-0.1, -0.05) is 29.8 Å². The predicted octanol–water partition coefficient (Wildman–Crippen LogP) is 0.240. The molecule has 1 aromatic carbocycles. The predicted molar refractivity (Wildman–Crippen MR) is 128 cm³/mol. The second-order valence-electron chi connectivity index (χ2n) is 9.43. The van der Waals surface area contributed by atoms with Crippen LogP contribution in [0, 0.1) is 6.92 Å². The van der Waals surface area contributed by atoms with Gasteiger partial charge in [-0.3, -0.25) is 19.7 Å². The first-order chi connectivity index (χ1) is 16.8. The number of ether oxygens (including phenoxy) is 3. The van der Waals surface area contributed by atoms with E-state index >= 15 is 0 Å². The van der Waals surface area contributed by atoms with Crippen LogP contribution >= 0.6 is 0 Å². The van der Waals surface area contributed by atoms with Crippen molar-refractivity contribution < 1.29 is 38.2 Å². The minimum atomic E-state index is -1.69.